The van der Waals surface area contributed by atoms with Crippen LogP contribution < -0.4 is 87.0 Å². The van der Waals surface area contributed by atoms with E-state index in [1.165, 1.54) is 67.5 Å². The summed E-state index contributed by atoms with van der Waals surface area (Å²) in [5.41, 5.74) is 13.7. The van der Waals surface area contributed by atoms with Crippen LogP contribution in [0.2, 0.25) is 0 Å². The van der Waals surface area contributed by atoms with Gasteiger partial charge in [0, 0.05) is 82.9 Å². The largest absolute Gasteiger partial charge is 2.00 e. The van der Waals surface area contributed by atoms with Gasteiger partial charge in [-0.3, -0.25) is 55.5 Å². The third-order valence-electron chi connectivity index (χ3n) is 24.3. The molecule has 26 nitrogen and oxygen atoms in total. The van der Waals surface area contributed by atoms with E-state index in [2.05, 4.69) is 134 Å². The number of nitro groups is 1. The molecule has 4 aromatic heterocycles. The first-order valence-electron chi connectivity index (χ1n) is 44.2. The summed E-state index contributed by atoms with van der Waals surface area (Å²) < 4.78 is 10.3. The van der Waals surface area contributed by atoms with E-state index in [0.717, 1.165) is 217 Å². The molecule has 4 aliphatic carbocycles. The van der Waals surface area contributed by atoms with Crippen molar-refractivity contribution in [2.75, 3.05) is 13.2 Å². The van der Waals surface area contributed by atoms with Crippen LogP contribution in [0.25, 0.3) is 0 Å². The zero-order chi connectivity index (χ0) is 88.6. The molecule has 0 spiro atoms. The van der Waals surface area contributed by atoms with Crippen molar-refractivity contribution < 1.29 is 176 Å². The summed E-state index contributed by atoms with van der Waals surface area (Å²) in [6.07, 6.45) is 30.8. The molecule has 0 amide bonds. The number of carboxylic acid groups (broad SMARTS) is 2. The smallest absolute Gasteiger partial charge is 1.00 e. The summed E-state index contributed by atoms with van der Waals surface area (Å²) in [4.78, 5) is 106. The number of aryl methyl sites for hydroxylation is 12. The molecule has 1 aromatic carbocycles. The number of benzene rings is 1. The van der Waals surface area contributed by atoms with E-state index in [-0.39, 0.29) is 184 Å². The molecule has 5 aromatic rings. The number of esters is 2. The molecule has 6 atom stereocenters. The third kappa shape index (κ3) is 41.1. The van der Waals surface area contributed by atoms with Gasteiger partial charge in [-0.25, -0.2) is 4.79 Å². The second-order valence-corrected chi connectivity index (χ2v) is 33.3. The molecule has 5 aliphatic rings. The van der Waals surface area contributed by atoms with Crippen molar-refractivity contribution in [3.63, 3.8) is 0 Å². The van der Waals surface area contributed by atoms with Crippen LogP contribution in [0.15, 0.2) is 84.6 Å². The van der Waals surface area contributed by atoms with E-state index in [1.807, 2.05) is 0 Å². The average Bonchev–Trinajstić information content (AvgIpc) is 1.63. The van der Waals surface area contributed by atoms with E-state index in [1.54, 1.807) is 6.92 Å². The van der Waals surface area contributed by atoms with Gasteiger partial charge >= 0.3 is 86.4 Å². The van der Waals surface area contributed by atoms with Crippen molar-refractivity contribution >= 4 is 70.5 Å². The minimum Gasteiger partial charge on any atom is -1.00 e. The maximum absolute atomic E-state index is 12.2. The predicted molar refractivity (Wildman–Crippen MR) is 465 cm³/mol. The molecule has 1 aliphatic heterocycles. The van der Waals surface area contributed by atoms with Crippen LogP contribution in [0.5, 0.6) is 0 Å². The summed E-state index contributed by atoms with van der Waals surface area (Å²) in [7, 11) is 0. The maximum atomic E-state index is 12.2. The molecule has 0 bridgehead atoms. The van der Waals surface area contributed by atoms with Crippen LogP contribution in [0.1, 0.15) is 316 Å². The van der Waals surface area contributed by atoms with Crippen molar-refractivity contribution in [1.82, 2.24) is 19.9 Å². The molecule has 5 heterocycles. The Bertz CT molecular complexity index is 3920. The second kappa shape index (κ2) is 61.8. The molecule has 125 heavy (non-hydrogen) atoms. The van der Waals surface area contributed by atoms with Crippen LogP contribution in [0.4, 0.5) is 5.69 Å². The van der Waals surface area contributed by atoms with E-state index in [4.69, 9.17) is 9.84 Å². The number of quaternary nitrogens is 1. The summed E-state index contributed by atoms with van der Waals surface area (Å²) in [6, 6.07) is 21.9. The number of hydrogen-bond acceptors (Lipinski definition) is 23. The van der Waals surface area contributed by atoms with E-state index in [9.17, 15) is 79.4 Å². The van der Waals surface area contributed by atoms with Gasteiger partial charge in [0.25, 0.3) is 11.7 Å². The summed E-state index contributed by atoms with van der Waals surface area (Å²) in [5.74, 6) is -2.34. The Labute approximate surface area is 812 Å². The fraction of sp³-hybridized carbons (Fsp3) is 0.632. The van der Waals surface area contributed by atoms with Gasteiger partial charge in [-0.05, 0) is 280 Å². The molecule has 0 saturated heterocycles. The molecule has 4 fully saturated rings. The number of non-ortho nitro benzene ring substituents is 1. The molecule has 30 heteroatoms. The number of hydrogen-bond donors (Lipinski definition) is 8. The number of nitrogens with zero attached hydrogens (tertiary/aromatic N) is 5. The monoisotopic (exact) mass is 1820 g/mol. The number of ether oxygens (including phenoxy) is 2. The number of aliphatic hydroxyl groups excluding tert-OH is 3. The standard InChI is InChI=1S/C22H33NO3.C21H29NO3.2C19H29NO3.C9H12N2O4.C5H7O3.2ClH.K.Mg.H2O/c1-4-19-13-17(14-20(5-2)23-19)10-11-22(26,18-8-6-7-9-18)15-21(25)12-16(3)24;1-3-17-11-15(12-18(4-2)22-17)9-10-21(16-7-5-6-8-16)14-19(23)13-20(24)25-21;2*1-3-16-11-14(12-17(4-2)20-16)9-10-19(23,13-18(21)22)15-7-5-6-8-15;10-8(5-12)9(13)6-1-3-7(4-2-6)11(14)15;1-2-8-5(7)3-4-6;;;;;/h13-14,18,26H,4-12,15H2,1-3H3;11-13,16,23H,3-10,14H2,1-2H3;2*11-12,15,23H,3-10,13H2,1-2H3,(H,21,22);1-4,8-9,12-13H,5,10H2;2-3H2,1H3;2*1H;;;1H2/q;;;;;-1;;;+1;+2;/p-3/t22-;21-;2*19-;8-,9-;;;;;;/m11111....../s1. The Hall–Kier alpha value is -5.65. The van der Waals surface area contributed by atoms with Gasteiger partial charge in [0.2, 0.25) is 0 Å². The number of carboxylic acids is 2. The Morgan fingerprint density at radius 3 is 1.22 bits per heavy atom. The molecular weight excluding hydrogens is 1680 g/mol. The molecular formula is C95H140Cl2KMgN6O20-. The van der Waals surface area contributed by atoms with Crippen LogP contribution in [-0.4, -0.2) is 173 Å². The zero-order valence-electron chi connectivity index (χ0n) is 76.1. The number of aliphatic hydroxyl groups is 6. The number of carbonyl (C=O) groups is 6. The fourth-order valence-electron chi connectivity index (χ4n) is 17.5. The molecule has 11 N–H and O–H groups in total. The van der Waals surface area contributed by atoms with Crippen molar-refractivity contribution in [3.8, 4) is 0 Å². The molecule has 0 unspecified atom stereocenters. The van der Waals surface area contributed by atoms with Gasteiger partial charge in [-0.15, -0.1) is 0 Å². The van der Waals surface area contributed by atoms with E-state index in [0.29, 0.717) is 56.6 Å². The van der Waals surface area contributed by atoms with Crippen molar-refractivity contribution in [2.45, 2.75) is 348 Å². The van der Waals surface area contributed by atoms with Crippen molar-refractivity contribution in [2.24, 2.45) is 23.7 Å². The predicted octanol–water partition coefficient (Wildman–Crippen LogP) is 3.93. The van der Waals surface area contributed by atoms with Crippen molar-refractivity contribution in [3.05, 3.63) is 168 Å². The normalized spacial score (nSPS) is 17.3. The number of carbonyl (C=O) groups excluding carboxylic acids is 6. The Morgan fingerprint density at radius 2 is 0.928 bits per heavy atom. The van der Waals surface area contributed by atoms with E-state index < -0.39 is 63.4 Å². The fourth-order valence-corrected chi connectivity index (χ4v) is 17.5. The van der Waals surface area contributed by atoms with Gasteiger partial charge in [0.1, 0.15) is 35.1 Å². The van der Waals surface area contributed by atoms with Gasteiger partial charge < -0.3 is 95.9 Å². The van der Waals surface area contributed by atoms with Gasteiger partial charge in [-0.2, -0.15) is 0 Å². The number of ketones is 2. The molecule has 0 radical (unpaired) electrons. The molecule has 688 valence electrons. The molecule has 4 saturated carbocycles. The minimum absolute atomic E-state index is 0. The number of Topliss-reactive ketones (excluding diaryl/α,β-unsaturated/α-hetero) is 2. The van der Waals surface area contributed by atoms with Crippen LogP contribution in [0.3, 0.4) is 0 Å². The first-order chi connectivity index (χ1) is 57.2. The van der Waals surface area contributed by atoms with Crippen LogP contribution in [0, 0.1) is 33.8 Å². The zero-order valence-corrected chi connectivity index (χ0v) is 82.2. The number of aliphatic carboxylic acids is 2. The number of nitro benzene ring substituents is 1. The summed E-state index contributed by atoms with van der Waals surface area (Å²) >= 11 is 0. The Kier molecular flexibility index (Phi) is 59.0. The first kappa shape index (κ1) is 119. The van der Waals surface area contributed by atoms with Gasteiger partial charge in [0.15, 0.2) is 0 Å². The maximum Gasteiger partial charge on any atom is 2.00 e. The number of aromatic nitrogens is 4. The SMILES string of the molecule is CCOC(=O)C[C-]=O.CCc1cc(CC[C@@](O)(CC(=O)CC(C)=O)C2CCCC2)cc(CC)n1.CCc1cc(CC[C@@](O)(CC(=O)O)C2CCCC2)cc(CC)n1.CCc1cc(CC[C@@](O)(CC(=O)[O-])C2CCCC2)cc(CC)n1.CCc1cc(CC[C@]2(C3CCCC3)CC(O)=CC(=O)O2)cc(CC)n1.[Cl-].[Cl-].[K+].[Mg+2].[NH3+][C@H](CO)[C@H](O)c1ccc([N+](=O)[O-])cc1.[OH-]. The quantitative estimate of drug-likeness (QED) is 0.00690. The average molecular weight is 1820 g/mol. The van der Waals surface area contributed by atoms with Crippen LogP contribution in [-0.2, 0) is 120 Å². The number of halogens is 2. The van der Waals surface area contributed by atoms with E-state index >= 15 is 0 Å². The third-order valence-corrected chi connectivity index (χ3v) is 24.3. The Morgan fingerprint density at radius 1 is 0.592 bits per heavy atom. The number of cyclic esters (lactones) is 1. The minimum atomic E-state index is -1.15. The van der Waals surface area contributed by atoms with Crippen molar-refractivity contribution in [1.29, 1.82) is 0 Å². The van der Waals surface area contributed by atoms with Gasteiger partial charge in [0.05, 0.1) is 53.9 Å². The topological polar surface area (TPSA) is 455 Å². The summed E-state index contributed by atoms with van der Waals surface area (Å²) in [5, 5.41) is 92.5. The molecule has 10 rings (SSSR count). The first-order valence-corrected chi connectivity index (χ1v) is 44.2. The van der Waals surface area contributed by atoms with Crippen LogP contribution >= 0.6 is 0 Å². The second-order valence-electron chi connectivity index (χ2n) is 33.3. The Balaban J connectivity index is 0.00000150. The summed E-state index contributed by atoms with van der Waals surface area (Å²) in [6.45, 7) is 20.0. The number of pyridine rings is 4. The number of rotatable bonds is 39. The van der Waals surface area contributed by atoms with Gasteiger partial charge in [-0.1, -0.05) is 113 Å².